The molecule has 0 bridgehead atoms. The molecule has 0 aromatic heterocycles. The van der Waals surface area contributed by atoms with E-state index in [0.717, 1.165) is 6.42 Å². The minimum atomic E-state index is -1.16. The van der Waals surface area contributed by atoms with Gasteiger partial charge in [0.05, 0.1) is 0 Å². The molecule has 0 heterocycles. The van der Waals surface area contributed by atoms with Crippen molar-refractivity contribution in [2.24, 2.45) is 22.7 Å². The molecule has 0 saturated heterocycles. The molecule has 3 unspecified atom stereocenters. The van der Waals surface area contributed by atoms with Crippen LogP contribution in [0.1, 0.15) is 53.9 Å². The van der Waals surface area contributed by atoms with Gasteiger partial charge in [-0.25, -0.2) is 4.79 Å². The molecule has 1 saturated carbocycles. The average molecular weight is 242 g/mol. The van der Waals surface area contributed by atoms with Gasteiger partial charge in [-0.2, -0.15) is 0 Å². The van der Waals surface area contributed by atoms with Gasteiger partial charge < -0.3 is 9.84 Å². The second-order valence-corrected chi connectivity index (χ2v) is 6.25. The van der Waals surface area contributed by atoms with Crippen molar-refractivity contribution < 1.29 is 14.6 Å². The van der Waals surface area contributed by atoms with E-state index in [1.54, 1.807) is 0 Å². The second-order valence-electron chi connectivity index (χ2n) is 6.25. The zero-order valence-corrected chi connectivity index (χ0v) is 11.7. The van der Waals surface area contributed by atoms with Crippen LogP contribution in [0.3, 0.4) is 0 Å². The molecule has 4 atom stereocenters. The lowest BCUT2D eigenvalue weighted by molar-refractivity contribution is 0.0136. The highest BCUT2D eigenvalue weighted by Gasteiger charge is 2.51. The minimum absolute atomic E-state index is 0.00340. The van der Waals surface area contributed by atoms with Crippen molar-refractivity contribution in [3.05, 3.63) is 0 Å². The van der Waals surface area contributed by atoms with Crippen molar-refractivity contribution in [3.63, 3.8) is 0 Å². The third kappa shape index (κ3) is 2.58. The Morgan fingerprint density at radius 3 is 2.53 bits per heavy atom. The first kappa shape index (κ1) is 14.3. The Labute approximate surface area is 105 Å². The van der Waals surface area contributed by atoms with Crippen LogP contribution in [0, 0.1) is 22.7 Å². The van der Waals surface area contributed by atoms with Gasteiger partial charge in [0.25, 0.3) is 0 Å². The quantitative estimate of drug-likeness (QED) is 0.753. The molecule has 100 valence electrons. The Bertz CT molecular complexity index is 289. The molecule has 3 nitrogen and oxygen atoms in total. The highest BCUT2D eigenvalue weighted by atomic mass is 16.7. The largest absolute Gasteiger partial charge is 0.505 e. The fourth-order valence-corrected chi connectivity index (χ4v) is 3.35. The van der Waals surface area contributed by atoms with Crippen LogP contribution in [-0.2, 0) is 4.74 Å². The van der Waals surface area contributed by atoms with Gasteiger partial charge in [0.2, 0.25) is 0 Å². The molecular formula is C14H26O3. The summed E-state index contributed by atoms with van der Waals surface area (Å²) in [6.45, 7) is 11.6. The normalized spacial score (nSPS) is 39.0. The lowest BCUT2D eigenvalue weighted by Gasteiger charge is -2.40. The van der Waals surface area contributed by atoms with Crippen LogP contribution < -0.4 is 0 Å². The summed E-state index contributed by atoms with van der Waals surface area (Å²) < 4.78 is 4.82. The lowest BCUT2D eigenvalue weighted by atomic mass is 9.65. The first-order chi connectivity index (χ1) is 7.76. The van der Waals surface area contributed by atoms with Gasteiger partial charge in [0.15, 0.2) is 0 Å². The number of carboxylic acid groups (broad SMARTS) is 1. The Kier molecular flexibility index (Phi) is 4.11. The van der Waals surface area contributed by atoms with Crippen molar-refractivity contribution >= 4 is 6.16 Å². The van der Waals surface area contributed by atoms with E-state index < -0.39 is 6.16 Å². The summed E-state index contributed by atoms with van der Waals surface area (Å²) in [5.74, 6) is 1.16. The zero-order valence-electron chi connectivity index (χ0n) is 11.7. The molecule has 0 aromatic rings. The fraction of sp³-hybridized carbons (Fsp3) is 0.929. The summed E-state index contributed by atoms with van der Waals surface area (Å²) >= 11 is 0. The summed E-state index contributed by atoms with van der Waals surface area (Å²) in [7, 11) is 0. The summed E-state index contributed by atoms with van der Waals surface area (Å²) in [6.07, 6.45) is 2.25. The van der Waals surface area contributed by atoms with Gasteiger partial charge in [-0.05, 0) is 30.1 Å². The van der Waals surface area contributed by atoms with E-state index in [-0.39, 0.29) is 5.41 Å². The van der Waals surface area contributed by atoms with Crippen molar-refractivity contribution in [3.8, 4) is 0 Å². The Morgan fingerprint density at radius 2 is 2.06 bits per heavy atom. The van der Waals surface area contributed by atoms with E-state index in [0.29, 0.717) is 23.9 Å². The monoisotopic (exact) mass is 242 g/mol. The van der Waals surface area contributed by atoms with Gasteiger partial charge in [-0.3, -0.25) is 0 Å². The minimum Gasteiger partial charge on any atom is -0.450 e. The van der Waals surface area contributed by atoms with Crippen molar-refractivity contribution in [2.75, 3.05) is 6.61 Å². The number of hydrogen-bond donors (Lipinski definition) is 1. The van der Waals surface area contributed by atoms with Crippen LogP contribution in [0.5, 0.6) is 0 Å². The highest BCUT2D eigenvalue weighted by Crippen LogP contribution is 2.57. The van der Waals surface area contributed by atoms with Crippen LogP contribution >= 0.6 is 0 Å². The predicted molar refractivity (Wildman–Crippen MR) is 68.0 cm³/mol. The van der Waals surface area contributed by atoms with E-state index in [1.165, 1.54) is 12.8 Å². The molecular weight excluding hydrogens is 216 g/mol. The lowest BCUT2D eigenvalue weighted by Crippen LogP contribution is -2.36. The molecule has 1 N–H and O–H groups in total. The number of rotatable bonds is 4. The average Bonchev–Trinajstić information content (AvgIpc) is 2.52. The van der Waals surface area contributed by atoms with Crippen molar-refractivity contribution in [1.29, 1.82) is 0 Å². The molecule has 1 aliphatic carbocycles. The Hall–Kier alpha value is -0.730. The molecule has 1 aliphatic rings. The topological polar surface area (TPSA) is 46.5 Å². The Morgan fingerprint density at radius 1 is 1.47 bits per heavy atom. The summed E-state index contributed by atoms with van der Waals surface area (Å²) in [5.41, 5.74) is 0.307. The van der Waals surface area contributed by atoms with Gasteiger partial charge in [-0.1, -0.05) is 41.0 Å². The number of hydrogen-bond acceptors (Lipinski definition) is 2. The molecule has 3 heteroatoms. The molecule has 1 rings (SSSR count). The zero-order chi connectivity index (χ0) is 13.3. The first-order valence-corrected chi connectivity index (χ1v) is 6.62. The van der Waals surface area contributed by atoms with Crippen LogP contribution in [0.15, 0.2) is 0 Å². The van der Waals surface area contributed by atoms with E-state index >= 15 is 0 Å². The molecule has 0 spiro atoms. The van der Waals surface area contributed by atoms with Crippen molar-refractivity contribution in [2.45, 2.75) is 53.9 Å². The van der Waals surface area contributed by atoms with Gasteiger partial charge in [0.1, 0.15) is 6.61 Å². The third-order valence-electron chi connectivity index (χ3n) is 5.53. The SMILES string of the molecule is CCC(C)C1(C)CCC(C)(COC(=O)O)[C@@H]1C. The van der Waals surface area contributed by atoms with Crippen LogP contribution in [0.2, 0.25) is 0 Å². The molecule has 0 aromatic carbocycles. The first-order valence-electron chi connectivity index (χ1n) is 6.62. The Balaban J connectivity index is 2.77. The summed E-state index contributed by atoms with van der Waals surface area (Å²) in [5, 5.41) is 8.64. The molecule has 1 fully saturated rings. The molecule has 0 amide bonds. The maximum atomic E-state index is 10.5. The molecule has 17 heavy (non-hydrogen) atoms. The van der Waals surface area contributed by atoms with E-state index in [4.69, 9.17) is 9.84 Å². The van der Waals surface area contributed by atoms with Gasteiger partial charge in [-0.15, -0.1) is 0 Å². The molecule has 0 aliphatic heterocycles. The predicted octanol–water partition coefficient (Wildman–Crippen LogP) is 4.17. The van der Waals surface area contributed by atoms with Gasteiger partial charge >= 0.3 is 6.16 Å². The smallest absolute Gasteiger partial charge is 0.450 e. The molecule has 0 radical (unpaired) electrons. The third-order valence-corrected chi connectivity index (χ3v) is 5.53. The van der Waals surface area contributed by atoms with Crippen LogP contribution in [-0.4, -0.2) is 17.9 Å². The van der Waals surface area contributed by atoms with Crippen LogP contribution in [0.25, 0.3) is 0 Å². The summed E-state index contributed by atoms with van der Waals surface area (Å²) in [4.78, 5) is 10.5. The maximum absolute atomic E-state index is 10.5. The van der Waals surface area contributed by atoms with Crippen molar-refractivity contribution in [1.82, 2.24) is 0 Å². The number of ether oxygens (including phenoxy) is 1. The second kappa shape index (κ2) is 4.87. The van der Waals surface area contributed by atoms with E-state index in [1.807, 2.05) is 0 Å². The van der Waals surface area contributed by atoms with Crippen LogP contribution in [0.4, 0.5) is 4.79 Å². The van der Waals surface area contributed by atoms with Gasteiger partial charge in [0, 0.05) is 5.41 Å². The fourth-order valence-electron chi connectivity index (χ4n) is 3.35. The number of carbonyl (C=O) groups is 1. The standard InChI is InChI=1S/C14H26O3/c1-6-10(2)14(5)8-7-13(4,11(14)3)9-17-12(15)16/h10-11H,6-9H2,1-5H3,(H,15,16)/t10?,11-,13?,14?/m0/s1. The highest BCUT2D eigenvalue weighted by molar-refractivity contribution is 5.56. The van der Waals surface area contributed by atoms with E-state index in [2.05, 4.69) is 34.6 Å². The van der Waals surface area contributed by atoms with E-state index in [9.17, 15) is 4.79 Å². The maximum Gasteiger partial charge on any atom is 0.505 e. The summed E-state index contributed by atoms with van der Waals surface area (Å²) in [6, 6.07) is 0.